The van der Waals surface area contributed by atoms with Gasteiger partial charge in [0.2, 0.25) is 5.91 Å². The fourth-order valence-electron chi connectivity index (χ4n) is 2.65. The molecule has 1 heterocycles. The Morgan fingerprint density at radius 3 is 2.78 bits per heavy atom. The quantitative estimate of drug-likeness (QED) is 0.623. The molecular formula is C19H25N5O3. The van der Waals surface area contributed by atoms with E-state index >= 15 is 0 Å². The Morgan fingerprint density at radius 2 is 2.07 bits per heavy atom. The van der Waals surface area contributed by atoms with E-state index in [-0.39, 0.29) is 11.9 Å². The highest BCUT2D eigenvalue weighted by Gasteiger charge is 2.28. The van der Waals surface area contributed by atoms with Crippen LogP contribution in [0.25, 0.3) is 0 Å². The zero-order valence-electron chi connectivity index (χ0n) is 15.4. The Balaban J connectivity index is 1.58. The molecule has 8 heteroatoms. The van der Waals surface area contributed by atoms with Gasteiger partial charge in [0.25, 0.3) is 0 Å². The Bertz CT molecular complexity index is 758. The van der Waals surface area contributed by atoms with E-state index in [9.17, 15) is 9.59 Å². The van der Waals surface area contributed by atoms with E-state index < -0.39 is 12.1 Å². The number of ether oxygens (including phenoxy) is 1. The van der Waals surface area contributed by atoms with Crippen molar-refractivity contribution in [3.63, 3.8) is 0 Å². The van der Waals surface area contributed by atoms with Crippen LogP contribution in [0.2, 0.25) is 0 Å². The third kappa shape index (κ3) is 6.10. The highest BCUT2D eigenvalue weighted by molar-refractivity contribution is 5.93. The molecule has 0 bridgehead atoms. The lowest BCUT2D eigenvalue weighted by atomic mass is 10.1. The highest BCUT2D eigenvalue weighted by Crippen LogP contribution is 2.19. The number of aromatic nitrogens is 2. The summed E-state index contributed by atoms with van der Waals surface area (Å²) in [5.41, 5.74) is 1.55. The summed E-state index contributed by atoms with van der Waals surface area (Å²) >= 11 is 0. The van der Waals surface area contributed by atoms with Gasteiger partial charge in [-0.25, -0.2) is 4.79 Å². The number of amides is 3. The lowest BCUT2D eigenvalue weighted by Gasteiger charge is -2.18. The van der Waals surface area contributed by atoms with Crippen molar-refractivity contribution in [2.75, 3.05) is 19.0 Å². The normalized spacial score (nSPS) is 14.4. The van der Waals surface area contributed by atoms with Gasteiger partial charge in [-0.3, -0.25) is 9.48 Å². The number of nitrogens with one attached hydrogen (secondary N) is 3. The summed E-state index contributed by atoms with van der Waals surface area (Å²) in [7, 11) is 1.62. The van der Waals surface area contributed by atoms with Crippen molar-refractivity contribution in [3.05, 3.63) is 48.3 Å². The van der Waals surface area contributed by atoms with Crippen LogP contribution in [0, 0.1) is 0 Å². The van der Waals surface area contributed by atoms with Crippen LogP contribution in [0.1, 0.15) is 18.4 Å². The summed E-state index contributed by atoms with van der Waals surface area (Å²) < 4.78 is 6.68. The van der Waals surface area contributed by atoms with Crippen LogP contribution in [0.5, 0.6) is 0 Å². The molecule has 1 aliphatic carbocycles. The zero-order valence-corrected chi connectivity index (χ0v) is 15.4. The smallest absolute Gasteiger partial charge is 0.319 e. The minimum atomic E-state index is -0.642. The lowest BCUT2D eigenvalue weighted by Crippen LogP contribution is -2.49. The molecular weight excluding hydrogens is 346 g/mol. The molecule has 1 aliphatic rings. The number of hydrogen-bond acceptors (Lipinski definition) is 4. The third-order valence-corrected chi connectivity index (χ3v) is 4.24. The Hall–Kier alpha value is -2.87. The molecule has 27 heavy (non-hydrogen) atoms. The number of anilines is 1. The SMILES string of the molecule is COCCn1cc(NC(=O)NC(Cc2ccccc2)C(=O)NC2CC2)cn1. The number of carbonyl (C=O) groups excluding carboxylic acids is 2. The van der Waals surface area contributed by atoms with Gasteiger partial charge in [0, 0.05) is 25.8 Å². The van der Waals surface area contributed by atoms with Gasteiger partial charge in [-0.05, 0) is 18.4 Å². The average Bonchev–Trinajstić information content (AvgIpc) is 3.37. The van der Waals surface area contributed by atoms with Crippen LogP contribution < -0.4 is 16.0 Å². The zero-order chi connectivity index (χ0) is 19.1. The second-order valence-corrected chi connectivity index (χ2v) is 6.61. The first-order chi connectivity index (χ1) is 13.1. The van der Waals surface area contributed by atoms with Crippen LogP contribution in [-0.2, 0) is 22.5 Å². The minimum absolute atomic E-state index is 0.160. The molecule has 1 aromatic carbocycles. The topological polar surface area (TPSA) is 97.3 Å². The number of hydrogen-bond donors (Lipinski definition) is 3. The van der Waals surface area contributed by atoms with E-state index in [0.717, 1.165) is 18.4 Å². The number of carbonyl (C=O) groups is 2. The van der Waals surface area contributed by atoms with Crippen molar-refractivity contribution in [2.45, 2.75) is 37.9 Å². The van der Waals surface area contributed by atoms with Gasteiger partial charge in [-0.1, -0.05) is 30.3 Å². The van der Waals surface area contributed by atoms with Crippen molar-refractivity contribution >= 4 is 17.6 Å². The first kappa shape index (κ1) is 18.9. The molecule has 1 fully saturated rings. The van der Waals surface area contributed by atoms with E-state index in [1.165, 1.54) is 0 Å². The molecule has 0 saturated heterocycles. The van der Waals surface area contributed by atoms with Gasteiger partial charge >= 0.3 is 6.03 Å². The van der Waals surface area contributed by atoms with Crippen molar-refractivity contribution in [1.82, 2.24) is 20.4 Å². The molecule has 3 amide bonds. The first-order valence-electron chi connectivity index (χ1n) is 9.07. The number of benzene rings is 1. The molecule has 144 valence electrons. The van der Waals surface area contributed by atoms with E-state index in [4.69, 9.17) is 4.74 Å². The summed E-state index contributed by atoms with van der Waals surface area (Å²) in [6.45, 7) is 1.13. The first-order valence-corrected chi connectivity index (χ1v) is 9.07. The largest absolute Gasteiger partial charge is 0.383 e. The van der Waals surface area contributed by atoms with Gasteiger partial charge in [0.05, 0.1) is 25.0 Å². The third-order valence-electron chi connectivity index (χ3n) is 4.24. The molecule has 8 nitrogen and oxygen atoms in total. The monoisotopic (exact) mass is 371 g/mol. The number of rotatable bonds is 9. The predicted octanol–water partition coefficient (Wildman–Crippen LogP) is 1.54. The minimum Gasteiger partial charge on any atom is -0.383 e. The van der Waals surface area contributed by atoms with Crippen molar-refractivity contribution in [2.24, 2.45) is 0 Å². The van der Waals surface area contributed by atoms with Crippen LogP contribution >= 0.6 is 0 Å². The van der Waals surface area contributed by atoms with E-state index in [1.807, 2.05) is 30.3 Å². The van der Waals surface area contributed by atoms with Gasteiger partial charge in [0.1, 0.15) is 6.04 Å². The second kappa shape index (κ2) is 9.18. The second-order valence-electron chi connectivity index (χ2n) is 6.61. The molecule has 1 unspecified atom stereocenters. The predicted molar refractivity (Wildman–Crippen MR) is 101 cm³/mol. The maximum Gasteiger partial charge on any atom is 0.319 e. The summed E-state index contributed by atoms with van der Waals surface area (Å²) in [4.78, 5) is 24.9. The van der Waals surface area contributed by atoms with E-state index in [1.54, 1.807) is 24.2 Å². The fourth-order valence-corrected chi connectivity index (χ4v) is 2.65. The fraction of sp³-hybridized carbons (Fsp3) is 0.421. The molecule has 0 radical (unpaired) electrons. The molecule has 1 aromatic heterocycles. The Morgan fingerprint density at radius 1 is 1.30 bits per heavy atom. The standard InChI is InChI=1S/C19H25N5O3/c1-27-10-9-24-13-16(12-20-24)22-19(26)23-17(18(25)21-15-7-8-15)11-14-5-3-2-4-6-14/h2-6,12-13,15,17H,7-11H2,1H3,(H,21,25)(H2,22,23,26). The van der Waals surface area contributed by atoms with Crippen LogP contribution in [0.3, 0.4) is 0 Å². The van der Waals surface area contributed by atoms with E-state index in [2.05, 4.69) is 21.0 Å². The molecule has 0 spiro atoms. The lowest BCUT2D eigenvalue weighted by molar-refractivity contribution is -0.123. The van der Waals surface area contributed by atoms with Crippen LogP contribution in [-0.4, -0.2) is 47.5 Å². The van der Waals surface area contributed by atoms with Crippen molar-refractivity contribution in [3.8, 4) is 0 Å². The molecule has 1 atom stereocenters. The molecule has 3 rings (SSSR count). The number of methoxy groups -OCH3 is 1. The van der Waals surface area contributed by atoms with Crippen molar-refractivity contribution in [1.29, 1.82) is 0 Å². The van der Waals surface area contributed by atoms with Gasteiger partial charge in [-0.2, -0.15) is 5.10 Å². The summed E-state index contributed by atoms with van der Waals surface area (Å²) in [5, 5.41) is 12.6. The highest BCUT2D eigenvalue weighted by atomic mass is 16.5. The molecule has 1 saturated carbocycles. The van der Waals surface area contributed by atoms with Gasteiger partial charge in [0.15, 0.2) is 0 Å². The molecule has 3 N–H and O–H groups in total. The van der Waals surface area contributed by atoms with Crippen LogP contribution in [0.4, 0.5) is 10.5 Å². The molecule has 2 aromatic rings. The van der Waals surface area contributed by atoms with Gasteiger partial charge < -0.3 is 20.7 Å². The maximum atomic E-state index is 12.5. The average molecular weight is 371 g/mol. The summed E-state index contributed by atoms with van der Waals surface area (Å²) in [6, 6.07) is 8.79. The Labute approximate surface area is 158 Å². The number of urea groups is 1. The summed E-state index contributed by atoms with van der Waals surface area (Å²) in [6.07, 6.45) is 5.70. The Kier molecular flexibility index (Phi) is 6.43. The maximum absolute atomic E-state index is 12.5. The van der Waals surface area contributed by atoms with Gasteiger partial charge in [-0.15, -0.1) is 0 Å². The van der Waals surface area contributed by atoms with E-state index in [0.29, 0.717) is 25.3 Å². The van der Waals surface area contributed by atoms with Crippen LogP contribution in [0.15, 0.2) is 42.7 Å². The summed E-state index contributed by atoms with van der Waals surface area (Å²) in [5.74, 6) is -0.160. The molecule has 0 aliphatic heterocycles. The van der Waals surface area contributed by atoms with Crippen molar-refractivity contribution < 1.29 is 14.3 Å². The number of nitrogens with zero attached hydrogens (tertiary/aromatic N) is 2.